The lowest BCUT2D eigenvalue weighted by Gasteiger charge is -2.56. The Morgan fingerprint density at radius 3 is 2.50 bits per heavy atom. The van der Waals surface area contributed by atoms with E-state index in [9.17, 15) is 9.59 Å². The number of Topliss-reactive ketones (excluding diaryl/α,β-unsaturated/α-hetero) is 1. The highest BCUT2D eigenvalue weighted by Crippen LogP contribution is 2.59. The minimum atomic E-state index is -1.27. The van der Waals surface area contributed by atoms with Gasteiger partial charge in [-0.1, -0.05) is 25.5 Å². The first-order valence-electron chi connectivity index (χ1n) is 6.63. The van der Waals surface area contributed by atoms with Crippen LogP contribution >= 0.6 is 0 Å². The summed E-state index contributed by atoms with van der Waals surface area (Å²) in [5, 5.41) is 9.08. The number of carbonyl (C=O) groups excluding carboxylic acids is 1. The van der Waals surface area contributed by atoms with Crippen molar-refractivity contribution in [2.24, 2.45) is 22.7 Å². The first kappa shape index (κ1) is 13.3. The summed E-state index contributed by atoms with van der Waals surface area (Å²) >= 11 is 0. The summed E-state index contributed by atoms with van der Waals surface area (Å²) in [6, 6.07) is 0. The van der Waals surface area contributed by atoms with Gasteiger partial charge < -0.3 is 5.11 Å². The van der Waals surface area contributed by atoms with Crippen molar-refractivity contribution >= 4 is 11.8 Å². The van der Waals surface area contributed by atoms with Gasteiger partial charge in [0.2, 0.25) is 0 Å². The lowest BCUT2D eigenvalue weighted by Crippen LogP contribution is -2.48. The van der Waals surface area contributed by atoms with Gasteiger partial charge in [0.05, 0.1) is 0 Å². The zero-order chi connectivity index (χ0) is 13.7. The Morgan fingerprint density at radius 1 is 1.44 bits per heavy atom. The molecule has 0 aromatic heterocycles. The van der Waals surface area contributed by atoms with E-state index in [0.29, 0.717) is 12.3 Å². The Balaban J connectivity index is 2.10. The zero-order valence-corrected chi connectivity index (χ0v) is 11.6. The van der Waals surface area contributed by atoms with E-state index >= 15 is 0 Å². The third-order valence-corrected chi connectivity index (χ3v) is 5.18. The number of hydrogen-bond acceptors (Lipinski definition) is 2. The summed E-state index contributed by atoms with van der Waals surface area (Å²) in [4.78, 5) is 23.2. The van der Waals surface area contributed by atoms with Crippen molar-refractivity contribution in [3.8, 4) is 0 Å². The summed E-state index contributed by atoms with van der Waals surface area (Å²) < 4.78 is 0. The number of aliphatic carboxylic acids is 1. The molecule has 0 aliphatic heterocycles. The Labute approximate surface area is 108 Å². The van der Waals surface area contributed by atoms with Crippen LogP contribution in [-0.2, 0) is 9.59 Å². The van der Waals surface area contributed by atoms with E-state index in [-0.39, 0.29) is 11.2 Å². The van der Waals surface area contributed by atoms with Gasteiger partial charge in [-0.2, -0.15) is 0 Å². The summed E-state index contributed by atoms with van der Waals surface area (Å²) in [6.45, 7) is 7.50. The van der Waals surface area contributed by atoms with Crippen molar-refractivity contribution < 1.29 is 14.7 Å². The highest BCUT2D eigenvalue weighted by molar-refractivity contribution is 6.03. The largest absolute Gasteiger partial charge is 0.481 e. The van der Waals surface area contributed by atoms with Crippen LogP contribution in [0.3, 0.4) is 0 Å². The fourth-order valence-electron chi connectivity index (χ4n) is 3.20. The van der Waals surface area contributed by atoms with Crippen molar-refractivity contribution in [1.29, 1.82) is 0 Å². The van der Waals surface area contributed by atoms with Gasteiger partial charge in [-0.15, -0.1) is 0 Å². The van der Waals surface area contributed by atoms with Crippen LogP contribution in [0.1, 0.15) is 47.0 Å². The number of allylic oxidation sites excluding steroid dienone is 2. The van der Waals surface area contributed by atoms with Gasteiger partial charge in [-0.3, -0.25) is 9.59 Å². The van der Waals surface area contributed by atoms with Crippen LogP contribution in [0.5, 0.6) is 0 Å². The lowest BCUT2D eigenvalue weighted by atomic mass is 9.48. The van der Waals surface area contributed by atoms with E-state index in [1.807, 2.05) is 0 Å². The summed E-state index contributed by atoms with van der Waals surface area (Å²) in [5.41, 5.74) is 0.186. The number of carboxylic acid groups (broad SMARTS) is 1. The molecule has 100 valence electrons. The van der Waals surface area contributed by atoms with Crippen molar-refractivity contribution in [2.75, 3.05) is 0 Å². The molecule has 0 amide bonds. The predicted molar refractivity (Wildman–Crippen MR) is 69.1 cm³/mol. The van der Waals surface area contributed by atoms with E-state index in [0.717, 1.165) is 12.3 Å². The molecule has 1 N–H and O–H groups in total. The SMILES string of the molecule is CC(C)(C(=O)O)C(=O)CC1=CCC2CC1C2(C)C. The molecule has 3 aliphatic carbocycles. The molecule has 0 spiro atoms. The molecule has 1 fully saturated rings. The second-order valence-electron chi connectivity index (χ2n) is 6.85. The number of fused-ring (bicyclic) bond motifs is 1. The normalized spacial score (nSPS) is 29.2. The van der Waals surface area contributed by atoms with Crippen LogP contribution in [0, 0.1) is 22.7 Å². The van der Waals surface area contributed by atoms with Gasteiger partial charge in [0.25, 0.3) is 0 Å². The molecule has 2 bridgehead atoms. The first-order valence-corrected chi connectivity index (χ1v) is 6.63. The highest BCUT2D eigenvalue weighted by Gasteiger charge is 2.51. The van der Waals surface area contributed by atoms with E-state index in [2.05, 4.69) is 19.9 Å². The fourth-order valence-corrected chi connectivity index (χ4v) is 3.20. The van der Waals surface area contributed by atoms with Gasteiger partial charge >= 0.3 is 5.97 Å². The number of carbonyl (C=O) groups is 2. The van der Waals surface area contributed by atoms with E-state index in [1.165, 1.54) is 25.8 Å². The molecule has 3 rings (SSSR count). The Hall–Kier alpha value is -1.12. The number of hydrogen-bond donors (Lipinski definition) is 1. The maximum Gasteiger partial charge on any atom is 0.316 e. The van der Waals surface area contributed by atoms with E-state index in [4.69, 9.17) is 5.11 Å². The average molecular weight is 250 g/mol. The van der Waals surface area contributed by atoms with Gasteiger partial charge in [0.1, 0.15) is 5.41 Å². The third-order valence-electron chi connectivity index (χ3n) is 5.18. The molecule has 2 atom stereocenters. The van der Waals surface area contributed by atoms with E-state index in [1.54, 1.807) is 0 Å². The molecule has 3 aliphatic rings. The molecule has 0 aromatic rings. The monoisotopic (exact) mass is 250 g/mol. The summed E-state index contributed by atoms with van der Waals surface area (Å²) in [5.74, 6) is 0.00989. The number of ketones is 1. The predicted octanol–water partition coefficient (Wildman–Crippen LogP) is 3.05. The Morgan fingerprint density at radius 2 is 2.06 bits per heavy atom. The number of rotatable bonds is 4. The molecular formula is C15H22O3. The van der Waals surface area contributed by atoms with Crippen LogP contribution in [0.15, 0.2) is 11.6 Å². The lowest BCUT2D eigenvalue weighted by molar-refractivity contribution is -0.152. The molecule has 3 nitrogen and oxygen atoms in total. The highest BCUT2D eigenvalue weighted by atomic mass is 16.4. The molecule has 2 unspecified atom stereocenters. The topological polar surface area (TPSA) is 54.4 Å². The Bertz CT molecular complexity index is 429. The maximum atomic E-state index is 12.1. The third kappa shape index (κ3) is 1.80. The van der Waals surface area contributed by atoms with Crippen LogP contribution in [0.25, 0.3) is 0 Å². The maximum absolute atomic E-state index is 12.1. The quantitative estimate of drug-likeness (QED) is 0.616. The van der Waals surface area contributed by atoms with E-state index < -0.39 is 11.4 Å². The molecular weight excluding hydrogens is 228 g/mol. The second-order valence-corrected chi connectivity index (χ2v) is 6.85. The van der Waals surface area contributed by atoms with Crippen LogP contribution in [0.4, 0.5) is 0 Å². The van der Waals surface area contributed by atoms with Crippen molar-refractivity contribution in [2.45, 2.75) is 47.0 Å². The number of carboxylic acids is 1. The summed E-state index contributed by atoms with van der Waals surface area (Å²) in [7, 11) is 0. The van der Waals surface area contributed by atoms with Crippen molar-refractivity contribution in [3.05, 3.63) is 11.6 Å². The molecule has 0 radical (unpaired) electrons. The molecule has 18 heavy (non-hydrogen) atoms. The average Bonchev–Trinajstić information content (AvgIpc) is 2.28. The van der Waals surface area contributed by atoms with Gasteiger partial charge in [0, 0.05) is 6.42 Å². The molecule has 3 heteroatoms. The van der Waals surface area contributed by atoms with Crippen LogP contribution < -0.4 is 0 Å². The molecule has 0 aromatic carbocycles. The van der Waals surface area contributed by atoms with Gasteiger partial charge in [-0.25, -0.2) is 0 Å². The van der Waals surface area contributed by atoms with Gasteiger partial charge in [0.15, 0.2) is 5.78 Å². The molecule has 0 saturated heterocycles. The summed E-state index contributed by atoms with van der Waals surface area (Å²) in [6.07, 6.45) is 4.68. The first-order chi connectivity index (χ1) is 8.17. The van der Waals surface area contributed by atoms with Crippen LogP contribution in [0.2, 0.25) is 0 Å². The van der Waals surface area contributed by atoms with Crippen LogP contribution in [-0.4, -0.2) is 16.9 Å². The second kappa shape index (κ2) is 3.94. The minimum Gasteiger partial charge on any atom is -0.481 e. The Kier molecular flexibility index (Phi) is 2.91. The zero-order valence-electron chi connectivity index (χ0n) is 11.6. The minimum absolute atomic E-state index is 0.178. The standard InChI is InChI=1S/C15H22O3/c1-14(2)10-6-5-9(11(14)8-10)7-12(16)15(3,4)13(17)18/h5,10-11H,6-8H2,1-4H3,(H,17,18). The van der Waals surface area contributed by atoms with Gasteiger partial charge in [-0.05, 0) is 43.9 Å². The van der Waals surface area contributed by atoms with Crippen molar-refractivity contribution in [3.63, 3.8) is 0 Å². The molecule has 0 heterocycles. The molecule has 1 saturated carbocycles. The fraction of sp³-hybridized carbons (Fsp3) is 0.733. The smallest absolute Gasteiger partial charge is 0.316 e. The van der Waals surface area contributed by atoms with Crippen molar-refractivity contribution in [1.82, 2.24) is 0 Å².